The van der Waals surface area contributed by atoms with Crippen LogP contribution in [-0.2, 0) is 20.9 Å². The van der Waals surface area contributed by atoms with Gasteiger partial charge in [0.2, 0.25) is 5.91 Å². The number of fused-ring (bicyclic) bond motifs is 1. The second-order valence-electron chi connectivity index (χ2n) is 6.90. The topological polar surface area (TPSA) is 97.6 Å². The van der Waals surface area contributed by atoms with Crippen LogP contribution in [0, 0.1) is 5.41 Å². The minimum absolute atomic E-state index is 0.217. The summed E-state index contributed by atoms with van der Waals surface area (Å²) in [5, 5.41) is 18.2. The Labute approximate surface area is 140 Å². The lowest BCUT2D eigenvalue weighted by Gasteiger charge is -2.41. The van der Waals surface area contributed by atoms with Crippen LogP contribution in [0.25, 0.3) is 0 Å². The maximum absolute atomic E-state index is 13.1. The summed E-state index contributed by atoms with van der Waals surface area (Å²) in [6.45, 7) is 7.67. The number of carboxylic acid groups (broad SMARTS) is 1. The fraction of sp³-hybridized carbons (Fsp3) is 0.750. The predicted octanol–water partition coefficient (Wildman–Crippen LogP) is 1.19. The molecule has 3 rings (SSSR count). The molecule has 1 aromatic heterocycles. The first-order valence-electron chi connectivity index (χ1n) is 8.43. The molecular formula is C16H24N4O4. The molecule has 2 aliphatic heterocycles. The number of aliphatic carboxylic acids is 1. The Kier molecular flexibility index (Phi) is 4.33. The van der Waals surface area contributed by atoms with Gasteiger partial charge in [0, 0.05) is 32.2 Å². The third kappa shape index (κ3) is 2.49. The molecule has 8 nitrogen and oxygen atoms in total. The molecule has 1 atom stereocenters. The van der Waals surface area contributed by atoms with E-state index in [1.807, 2.05) is 6.92 Å². The third-order valence-electron chi connectivity index (χ3n) is 5.16. The molecule has 3 heterocycles. The predicted molar refractivity (Wildman–Crippen MR) is 84.4 cm³/mol. The number of carbonyl (C=O) groups excluding carboxylic acids is 1. The Balaban J connectivity index is 1.89. The first-order valence-corrected chi connectivity index (χ1v) is 8.43. The summed E-state index contributed by atoms with van der Waals surface area (Å²) in [6, 6.07) is -0.287. The van der Waals surface area contributed by atoms with Crippen LogP contribution in [0.5, 0.6) is 0 Å². The monoisotopic (exact) mass is 336 g/mol. The number of ether oxygens (including phenoxy) is 1. The molecule has 0 spiro atoms. The molecule has 0 aliphatic carbocycles. The molecule has 1 fully saturated rings. The molecule has 0 aromatic carbocycles. The van der Waals surface area contributed by atoms with Gasteiger partial charge in [0.05, 0.1) is 6.04 Å². The molecule has 2 aliphatic rings. The van der Waals surface area contributed by atoms with E-state index in [2.05, 4.69) is 28.6 Å². The lowest BCUT2D eigenvalue weighted by atomic mass is 9.78. The molecule has 132 valence electrons. The van der Waals surface area contributed by atoms with Crippen molar-refractivity contribution in [1.29, 1.82) is 0 Å². The highest BCUT2D eigenvalue weighted by atomic mass is 16.5. The molecule has 1 saturated heterocycles. The SMILES string of the molecule is CC(C)c1nnc2n1CCN(C(=O)C1(C(=O)O)CCOCC1)C2C. The summed E-state index contributed by atoms with van der Waals surface area (Å²) in [5.41, 5.74) is -1.38. The summed E-state index contributed by atoms with van der Waals surface area (Å²) in [4.78, 5) is 26.6. The smallest absolute Gasteiger partial charge is 0.319 e. The van der Waals surface area contributed by atoms with Gasteiger partial charge < -0.3 is 19.3 Å². The van der Waals surface area contributed by atoms with Crippen molar-refractivity contribution in [3.63, 3.8) is 0 Å². The third-order valence-corrected chi connectivity index (χ3v) is 5.16. The van der Waals surface area contributed by atoms with Gasteiger partial charge in [0.15, 0.2) is 11.2 Å². The van der Waals surface area contributed by atoms with E-state index in [9.17, 15) is 14.7 Å². The number of nitrogens with zero attached hydrogens (tertiary/aromatic N) is 4. The van der Waals surface area contributed by atoms with Gasteiger partial charge >= 0.3 is 5.97 Å². The molecule has 0 saturated carbocycles. The van der Waals surface area contributed by atoms with E-state index in [4.69, 9.17) is 4.74 Å². The van der Waals surface area contributed by atoms with Crippen LogP contribution in [0.1, 0.15) is 57.2 Å². The summed E-state index contributed by atoms with van der Waals surface area (Å²) in [6.07, 6.45) is 0.433. The van der Waals surface area contributed by atoms with Crippen LogP contribution in [0.3, 0.4) is 0 Å². The molecular weight excluding hydrogens is 312 g/mol. The van der Waals surface area contributed by atoms with Gasteiger partial charge in [-0.1, -0.05) is 13.8 Å². The van der Waals surface area contributed by atoms with E-state index in [0.717, 1.165) is 11.6 Å². The van der Waals surface area contributed by atoms with Gasteiger partial charge in [0.25, 0.3) is 0 Å². The van der Waals surface area contributed by atoms with E-state index < -0.39 is 11.4 Å². The van der Waals surface area contributed by atoms with E-state index in [1.165, 1.54) is 0 Å². The average molecular weight is 336 g/mol. The van der Waals surface area contributed by atoms with Crippen molar-refractivity contribution in [2.75, 3.05) is 19.8 Å². The van der Waals surface area contributed by atoms with Gasteiger partial charge in [-0.15, -0.1) is 10.2 Å². The van der Waals surface area contributed by atoms with Gasteiger partial charge in [-0.3, -0.25) is 9.59 Å². The lowest BCUT2D eigenvalue weighted by molar-refractivity contribution is -0.169. The van der Waals surface area contributed by atoms with Crippen LogP contribution < -0.4 is 0 Å². The molecule has 1 N–H and O–H groups in total. The molecule has 0 radical (unpaired) electrons. The summed E-state index contributed by atoms with van der Waals surface area (Å²) in [7, 11) is 0. The second kappa shape index (κ2) is 6.16. The number of aromatic nitrogens is 3. The van der Waals surface area contributed by atoms with Crippen LogP contribution >= 0.6 is 0 Å². The van der Waals surface area contributed by atoms with Crippen molar-refractivity contribution in [1.82, 2.24) is 19.7 Å². The van der Waals surface area contributed by atoms with Crippen LogP contribution in [0.15, 0.2) is 0 Å². The van der Waals surface area contributed by atoms with Gasteiger partial charge in [-0.2, -0.15) is 0 Å². The van der Waals surface area contributed by atoms with Crippen LogP contribution in [-0.4, -0.2) is 56.4 Å². The fourth-order valence-electron chi connectivity index (χ4n) is 3.63. The molecule has 1 unspecified atom stereocenters. The highest BCUT2D eigenvalue weighted by Gasteiger charge is 2.51. The summed E-state index contributed by atoms with van der Waals surface area (Å²) >= 11 is 0. The standard InChI is InChI=1S/C16H24N4O4/c1-10(2)12-17-18-13-11(3)19(6-7-20(12)13)14(21)16(15(22)23)4-8-24-9-5-16/h10-11H,4-9H2,1-3H3,(H,22,23). The van der Waals surface area contributed by atoms with Crippen LogP contribution in [0.2, 0.25) is 0 Å². The van der Waals surface area contributed by atoms with Crippen molar-refractivity contribution < 1.29 is 19.4 Å². The Hall–Kier alpha value is -1.96. The van der Waals surface area contributed by atoms with Crippen LogP contribution in [0.4, 0.5) is 0 Å². The Bertz CT molecular complexity index is 649. The number of rotatable bonds is 3. The van der Waals surface area contributed by atoms with E-state index in [-0.39, 0.29) is 30.7 Å². The molecule has 8 heteroatoms. The number of amides is 1. The van der Waals surface area contributed by atoms with Gasteiger partial charge in [-0.25, -0.2) is 0 Å². The Morgan fingerprint density at radius 2 is 1.92 bits per heavy atom. The maximum atomic E-state index is 13.1. The Morgan fingerprint density at radius 1 is 1.25 bits per heavy atom. The highest BCUT2D eigenvalue weighted by molar-refractivity contribution is 6.02. The first-order chi connectivity index (χ1) is 11.4. The number of carboxylic acids is 1. The molecule has 1 amide bonds. The highest BCUT2D eigenvalue weighted by Crippen LogP contribution is 2.37. The number of hydrogen-bond donors (Lipinski definition) is 1. The zero-order valence-corrected chi connectivity index (χ0v) is 14.4. The van der Waals surface area contributed by atoms with E-state index in [0.29, 0.717) is 26.3 Å². The minimum Gasteiger partial charge on any atom is -0.480 e. The van der Waals surface area contributed by atoms with Crippen molar-refractivity contribution in [3.8, 4) is 0 Å². The van der Waals surface area contributed by atoms with Gasteiger partial charge in [-0.05, 0) is 19.8 Å². The summed E-state index contributed by atoms with van der Waals surface area (Å²) < 4.78 is 7.32. The lowest BCUT2D eigenvalue weighted by Crippen LogP contribution is -2.54. The second-order valence-corrected chi connectivity index (χ2v) is 6.90. The quantitative estimate of drug-likeness (QED) is 0.833. The largest absolute Gasteiger partial charge is 0.480 e. The average Bonchev–Trinajstić information content (AvgIpc) is 3.00. The van der Waals surface area contributed by atoms with Crippen molar-refractivity contribution in [2.45, 2.75) is 52.1 Å². The van der Waals surface area contributed by atoms with E-state index >= 15 is 0 Å². The van der Waals surface area contributed by atoms with Crippen molar-refractivity contribution >= 4 is 11.9 Å². The maximum Gasteiger partial charge on any atom is 0.319 e. The van der Waals surface area contributed by atoms with E-state index in [1.54, 1.807) is 4.90 Å². The number of hydrogen-bond acceptors (Lipinski definition) is 5. The summed E-state index contributed by atoms with van der Waals surface area (Å²) in [5.74, 6) is 0.500. The zero-order chi connectivity index (χ0) is 17.5. The zero-order valence-electron chi connectivity index (χ0n) is 14.4. The van der Waals surface area contributed by atoms with Crippen molar-refractivity contribution in [3.05, 3.63) is 11.6 Å². The Morgan fingerprint density at radius 3 is 2.50 bits per heavy atom. The minimum atomic E-state index is -1.38. The molecule has 0 bridgehead atoms. The van der Waals surface area contributed by atoms with Gasteiger partial charge in [0.1, 0.15) is 5.82 Å². The fourth-order valence-corrected chi connectivity index (χ4v) is 3.63. The normalized spacial score (nSPS) is 23.2. The molecule has 1 aromatic rings. The van der Waals surface area contributed by atoms with Crippen molar-refractivity contribution in [2.24, 2.45) is 5.41 Å². The number of carbonyl (C=O) groups is 2. The molecule has 24 heavy (non-hydrogen) atoms. The first kappa shape index (κ1) is 16.9.